The van der Waals surface area contributed by atoms with E-state index in [4.69, 9.17) is 0 Å². The molecule has 0 aliphatic heterocycles. The highest BCUT2D eigenvalue weighted by atomic mass is 32.2. The lowest BCUT2D eigenvalue weighted by Crippen LogP contribution is -2.20. The molecule has 3 rings (SSSR count). The van der Waals surface area contributed by atoms with Crippen molar-refractivity contribution in [3.05, 3.63) is 91.0 Å². The summed E-state index contributed by atoms with van der Waals surface area (Å²) in [6.45, 7) is 3.84. The average Bonchev–Trinajstić information content (AvgIpc) is 2.58. The Morgan fingerprint density at radius 2 is 1.62 bits per heavy atom. The normalized spacial score (nSPS) is 18.4. The number of allylic oxidation sites excluding steroid dienone is 3. The Kier molecular flexibility index (Phi) is 4.42. The summed E-state index contributed by atoms with van der Waals surface area (Å²) in [7, 11) is 0.0797. The summed E-state index contributed by atoms with van der Waals surface area (Å²) in [6.07, 6.45) is 11.9. The minimum atomic E-state index is 0.0797. The van der Waals surface area contributed by atoms with Crippen molar-refractivity contribution in [2.24, 2.45) is 0 Å². The maximum Gasteiger partial charge on any atom is 0.161 e. The van der Waals surface area contributed by atoms with Crippen molar-refractivity contribution >= 4 is 17.0 Å². The van der Waals surface area contributed by atoms with Crippen LogP contribution in [0.1, 0.15) is 12.0 Å². The fraction of sp³-hybridized carbons (Fsp3) is 0.100. The molecule has 2 aromatic carbocycles. The van der Waals surface area contributed by atoms with Gasteiger partial charge in [-0.25, -0.2) is 0 Å². The van der Waals surface area contributed by atoms with E-state index in [9.17, 15) is 0 Å². The number of benzene rings is 2. The zero-order chi connectivity index (χ0) is 14.5. The minimum Gasteiger partial charge on any atom is -0.0985 e. The van der Waals surface area contributed by atoms with Gasteiger partial charge >= 0.3 is 0 Å². The average molecular weight is 291 g/mol. The van der Waals surface area contributed by atoms with Gasteiger partial charge in [0.25, 0.3) is 0 Å². The van der Waals surface area contributed by atoms with E-state index in [2.05, 4.69) is 85.5 Å². The van der Waals surface area contributed by atoms with Crippen LogP contribution in [0.5, 0.6) is 0 Å². The molecule has 0 radical (unpaired) electrons. The molecule has 2 unspecified atom stereocenters. The van der Waals surface area contributed by atoms with E-state index in [1.54, 1.807) is 0 Å². The first-order valence-electron chi connectivity index (χ1n) is 7.22. The van der Waals surface area contributed by atoms with Crippen LogP contribution in [-0.4, -0.2) is 5.25 Å². The summed E-state index contributed by atoms with van der Waals surface area (Å²) in [5.41, 5.74) is 1.18. The summed E-state index contributed by atoms with van der Waals surface area (Å²) >= 11 is 0. The first-order chi connectivity index (χ1) is 10.4. The van der Waals surface area contributed by atoms with Gasteiger partial charge in [0.15, 0.2) is 15.0 Å². The van der Waals surface area contributed by atoms with Gasteiger partial charge in [0.2, 0.25) is 0 Å². The van der Waals surface area contributed by atoms with Gasteiger partial charge in [0.05, 0.1) is 10.9 Å². The third-order valence-electron chi connectivity index (χ3n) is 3.61. The van der Waals surface area contributed by atoms with E-state index in [1.165, 1.54) is 15.4 Å². The molecule has 0 spiro atoms. The quantitative estimate of drug-likeness (QED) is 0.675. The van der Waals surface area contributed by atoms with Gasteiger partial charge < -0.3 is 0 Å². The lowest BCUT2D eigenvalue weighted by atomic mass is 10.2. The summed E-state index contributed by atoms with van der Waals surface area (Å²) in [6, 6.07) is 19.7. The van der Waals surface area contributed by atoms with E-state index in [-0.39, 0.29) is 10.9 Å². The molecule has 1 aliphatic rings. The second-order valence-electron chi connectivity index (χ2n) is 5.01. The van der Waals surface area contributed by atoms with Gasteiger partial charge in [-0.05, 0) is 35.9 Å². The molecule has 0 nitrogen and oxygen atoms in total. The van der Waals surface area contributed by atoms with Gasteiger partial charge in [-0.2, -0.15) is 0 Å². The summed E-state index contributed by atoms with van der Waals surface area (Å²) in [5, 5.41) is 0.548. The first kappa shape index (κ1) is 14.0. The van der Waals surface area contributed by atoms with Crippen LogP contribution in [0.3, 0.4) is 0 Å². The molecule has 0 bridgehead atoms. The van der Waals surface area contributed by atoms with E-state index in [0.29, 0.717) is 5.25 Å². The van der Waals surface area contributed by atoms with Crippen molar-refractivity contribution in [2.45, 2.75) is 21.5 Å². The van der Waals surface area contributed by atoms with Crippen LogP contribution in [0, 0.1) is 0 Å². The zero-order valence-electron chi connectivity index (χ0n) is 12.0. The Hall–Kier alpha value is -1.99. The number of rotatable bonds is 4. The Labute approximate surface area is 129 Å². The fourth-order valence-corrected chi connectivity index (χ4v) is 4.94. The second kappa shape index (κ2) is 6.64. The molecule has 2 atom stereocenters. The van der Waals surface area contributed by atoms with Crippen LogP contribution in [0.4, 0.5) is 0 Å². The zero-order valence-corrected chi connectivity index (χ0v) is 12.8. The van der Waals surface area contributed by atoms with Gasteiger partial charge in [0, 0.05) is 6.42 Å². The molecule has 104 valence electrons. The molecule has 2 aromatic rings. The predicted octanol–water partition coefficient (Wildman–Crippen LogP) is 5.25. The van der Waals surface area contributed by atoms with Crippen molar-refractivity contribution < 1.29 is 0 Å². The monoisotopic (exact) mass is 291 g/mol. The molecular formula is C20H19S+. The van der Waals surface area contributed by atoms with Crippen molar-refractivity contribution in [3.63, 3.8) is 0 Å². The van der Waals surface area contributed by atoms with Crippen LogP contribution in [-0.2, 0) is 10.9 Å². The first-order valence-corrected chi connectivity index (χ1v) is 8.51. The SMILES string of the molecule is C=Cc1ccc([S+](c2ccccc2)C2C=CC=CC2)cc1. The van der Waals surface area contributed by atoms with Crippen molar-refractivity contribution in [1.82, 2.24) is 0 Å². The third-order valence-corrected chi connectivity index (χ3v) is 6.13. The number of hydrogen-bond donors (Lipinski definition) is 0. The number of hydrogen-bond acceptors (Lipinski definition) is 0. The van der Waals surface area contributed by atoms with E-state index < -0.39 is 0 Å². The van der Waals surface area contributed by atoms with Crippen LogP contribution >= 0.6 is 0 Å². The highest BCUT2D eigenvalue weighted by Crippen LogP contribution is 2.31. The lowest BCUT2D eigenvalue weighted by molar-refractivity contribution is 1.03. The van der Waals surface area contributed by atoms with Crippen molar-refractivity contribution in [1.29, 1.82) is 0 Å². The van der Waals surface area contributed by atoms with Gasteiger partial charge in [0.1, 0.15) is 0 Å². The van der Waals surface area contributed by atoms with Gasteiger partial charge in [-0.3, -0.25) is 0 Å². The molecule has 21 heavy (non-hydrogen) atoms. The van der Waals surface area contributed by atoms with Crippen molar-refractivity contribution in [2.75, 3.05) is 0 Å². The maximum atomic E-state index is 3.84. The van der Waals surface area contributed by atoms with Crippen LogP contribution < -0.4 is 0 Å². The highest BCUT2D eigenvalue weighted by molar-refractivity contribution is 7.97. The van der Waals surface area contributed by atoms with Crippen LogP contribution in [0.15, 0.2) is 95.3 Å². The molecule has 0 aromatic heterocycles. The molecule has 0 amide bonds. The van der Waals surface area contributed by atoms with Crippen LogP contribution in [0.2, 0.25) is 0 Å². The molecule has 0 N–H and O–H groups in total. The maximum absolute atomic E-state index is 3.84. The van der Waals surface area contributed by atoms with E-state index in [0.717, 1.165) is 6.42 Å². The standard InChI is InChI=1S/C20H19S/c1-2-17-13-15-20(16-14-17)21(18-9-5-3-6-10-18)19-11-7-4-8-12-19/h2-11,13-16,19H,1,12H2/q+1. The summed E-state index contributed by atoms with van der Waals surface area (Å²) in [5.74, 6) is 0. The molecular weight excluding hydrogens is 272 g/mol. The molecule has 1 heteroatoms. The van der Waals surface area contributed by atoms with Crippen molar-refractivity contribution in [3.8, 4) is 0 Å². The smallest absolute Gasteiger partial charge is 0.0985 e. The van der Waals surface area contributed by atoms with E-state index >= 15 is 0 Å². The third kappa shape index (κ3) is 3.20. The largest absolute Gasteiger partial charge is 0.161 e. The molecule has 0 heterocycles. The Morgan fingerprint density at radius 3 is 2.24 bits per heavy atom. The van der Waals surface area contributed by atoms with Gasteiger partial charge in [-0.1, -0.05) is 61.2 Å². The summed E-state index contributed by atoms with van der Waals surface area (Å²) < 4.78 is 0. The molecule has 1 aliphatic carbocycles. The van der Waals surface area contributed by atoms with E-state index in [1.807, 2.05) is 6.08 Å². The van der Waals surface area contributed by atoms with Crippen LogP contribution in [0.25, 0.3) is 6.08 Å². The molecule has 0 saturated heterocycles. The fourth-order valence-electron chi connectivity index (χ4n) is 2.54. The van der Waals surface area contributed by atoms with Gasteiger partial charge in [-0.15, -0.1) is 0 Å². The Morgan fingerprint density at radius 1 is 0.905 bits per heavy atom. The summed E-state index contributed by atoms with van der Waals surface area (Å²) in [4.78, 5) is 2.81. The molecule has 0 fully saturated rings. The predicted molar refractivity (Wildman–Crippen MR) is 93.6 cm³/mol. The lowest BCUT2D eigenvalue weighted by Gasteiger charge is -2.16. The Bertz CT molecular complexity index is 650. The Balaban J connectivity index is 2.00. The topological polar surface area (TPSA) is 0 Å². The second-order valence-corrected chi connectivity index (χ2v) is 7.24. The minimum absolute atomic E-state index is 0.0797. The molecule has 0 saturated carbocycles. The highest BCUT2D eigenvalue weighted by Gasteiger charge is 2.33.